The molecule has 0 bridgehead atoms. The predicted molar refractivity (Wildman–Crippen MR) is 75.9 cm³/mol. The summed E-state index contributed by atoms with van der Waals surface area (Å²) in [4.78, 5) is 8.35. The van der Waals surface area contributed by atoms with Gasteiger partial charge in [-0.3, -0.25) is 0 Å². The Hall–Kier alpha value is -1.92. The minimum Gasteiger partial charge on any atom is -0.337 e. The maximum Gasteiger partial charge on any atom is 0.248 e. The first kappa shape index (κ1) is 14.5. The molecule has 0 atom stereocenters. The largest absolute Gasteiger partial charge is 0.337 e. The van der Waals surface area contributed by atoms with Crippen molar-refractivity contribution in [1.29, 1.82) is 0 Å². The van der Waals surface area contributed by atoms with Crippen LogP contribution >= 0.6 is 24.0 Å². The molecule has 0 aliphatic carbocycles. The summed E-state index contributed by atoms with van der Waals surface area (Å²) in [5.74, 6) is 1.78. The number of halogens is 2. The molecule has 0 aliphatic rings. The molecule has 2 aromatic heterocycles. The molecule has 0 N–H and O–H groups in total. The average molecular weight is 312 g/mol. The fourth-order valence-electron chi connectivity index (χ4n) is 1.67. The van der Waals surface area contributed by atoms with Crippen LogP contribution in [0.2, 0.25) is 5.02 Å². The number of aromatic nitrogens is 5. The van der Waals surface area contributed by atoms with Crippen LogP contribution in [-0.4, -0.2) is 24.9 Å². The van der Waals surface area contributed by atoms with Crippen LogP contribution in [-0.2, 0) is 6.54 Å². The van der Waals surface area contributed by atoms with E-state index in [0.29, 0.717) is 23.3 Å². The van der Waals surface area contributed by atoms with Crippen molar-refractivity contribution >= 4 is 24.0 Å². The Morgan fingerprint density at radius 2 is 2.20 bits per heavy atom. The molecule has 0 spiro atoms. The van der Waals surface area contributed by atoms with Crippen molar-refractivity contribution in [2.75, 3.05) is 0 Å². The van der Waals surface area contributed by atoms with Gasteiger partial charge in [-0.2, -0.15) is 10.1 Å². The predicted octanol–water partition coefficient (Wildman–Crippen LogP) is 2.76. The summed E-state index contributed by atoms with van der Waals surface area (Å²) in [5.41, 5.74) is 0.817. The zero-order chi connectivity index (χ0) is 13.2. The number of hydrogen-bond acceptors (Lipinski definition) is 5. The van der Waals surface area contributed by atoms with Crippen LogP contribution < -0.4 is 0 Å². The highest BCUT2D eigenvalue weighted by Gasteiger charge is 2.10. The second-order valence-corrected chi connectivity index (χ2v) is 4.42. The second kappa shape index (κ2) is 6.02. The molecule has 3 rings (SSSR count). The van der Waals surface area contributed by atoms with Gasteiger partial charge in [0.1, 0.15) is 18.7 Å². The standard InChI is InChI=1S/C12H10ClN5O.ClH/c1-8-14-7-15-18(8)6-11-16-12(17-19-11)9-3-2-4-10(13)5-9;/h2-5,7H,6H2,1H3;1H. The zero-order valence-electron chi connectivity index (χ0n) is 10.5. The minimum absolute atomic E-state index is 0. The zero-order valence-corrected chi connectivity index (χ0v) is 12.1. The van der Waals surface area contributed by atoms with Gasteiger partial charge in [0.25, 0.3) is 0 Å². The molecule has 0 saturated carbocycles. The quantitative estimate of drug-likeness (QED) is 0.744. The van der Waals surface area contributed by atoms with Crippen LogP contribution in [0.5, 0.6) is 0 Å². The Bertz CT molecular complexity index is 709. The van der Waals surface area contributed by atoms with Gasteiger partial charge in [0.2, 0.25) is 11.7 Å². The molecule has 0 radical (unpaired) electrons. The van der Waals surface area contributed by atoms with Crippen LogP contribution in [0.4, 0.5) is 0 Å². The number of hydrogen-bond donors (Lipinski definition) is 0. The van der Waals surface area contributed by atoms with Crippen LogP contribution in [0.25, 0.3) is 11.4 Å². The van der Waals surface area contributed by atoms with Gasteiger partial charge >= 0.3 is 0 Å². The molecule has 3 aromatic rings. The number of benzene rings is 1. The van der Waals surface area contributed by atoms with E-state index in [1.54, 1.807) is 16.8 Å². The third-order valence-electron chi connectivity index (χ3n) is 2.65. The van der Waals surface area contributed by atoms with Crippen LogP contribution in [0.1, 0.15) is 11.7 Å². The van der Waals surface area contributed by atoms with E-state index in [1.807, 2.05) is 19.1 Å². The van der Waals surface area contributed by atoms with Crippen molar-refractivity contribution in [2.45, 2.75) is 13.5 Å². The highest BCUT2D eigenvalue weighted by atomic mass is 35.5. The van der Waals surface area contributed by atoms with Gasteiger partial charge < -0.3 is 4.52 Å². The van der Waals surface area contributed by atoms with Gasteiger partial charge in [-0.05, 0) is 19.1 Å². The van der Waals surface area contributed by atoms with E-state index in [4.69, 9.17) is 16.1 Å². The first-order valence-corrected chi connectivity index (χ1v) is 6.03. The number of aryl methyl sites for hydroxylation is 1. The normalized spacial score (nSPS) is 10.3. The maximum atomic E-state index is 5.93. The Labute approximate surface area is 126 Å². The Balaban J connectivity index is 0.00000147. The number of rotatable bonds is 3. The highest BCUT2D eigenvalue weighted by molar-refractivity contribution is 6.30. The van der Waals surface area contributed by atoms with Crippen molar-refractivity contribution in [3.63, 3.8) is 0 Å². The molecule has 8 heteroatoms. The topological polar surface area (TPSA) is 69.6 Å². The molecule has 0 aliphatic heterocycles. The van der Waals surface area contributed by atoms with E-state index in [-0.39, 0.29) is 12.4 Å². The van der Waals surface area contributed by atoms with E-state index >= 15 is 0 Å². The smallest absolute Gasteiger partial charge is 0.248 e. The van der Waals surface area contributed by atoms with Crippen molar-refractivity contribution in [2.24, 2.45) is 0 Å². The van der Waals surface area contributed by atoms with E-state index in [0.717, 1.165) is 11.4 Å². The minimum atomic E-state index is 0. The van der Waals surface area contributed by atoms with Crippen LogP contribution in [0.3, 0.4) is 0 Å². The molecule has 0 saturated heterocycles. The molecule has 0 amide bonds. The first-order valence-electron chi connectivity index (χ1n) is 5.65. The van der Waals surface area contributed by atoms with E-state index < -0.39 is 0 Å². The fraction of sp³-hybridized carbons (Fsp3) is 0.167. The third-order valence-corrected chi connectivity index (χ3v) is 2.88. The average Bonchev–Trinajstić information content (AvgIpc) is 3.00. The van der Waals surface area contributed by atoms with E-state index in [9.17, 15) is 0 Å². The van der Waals surface area contributed by atoms with Gasteiger partial charge in [0, 0.05) is 10.6 Å². The molecule has 0 unspecified atom stereocenters. The summed E-state index contributed by atoms with van der Waals surface area (Å²) in [5, 5.41) is 8.63. The molecular weight excluding hydrogens is 301 g/mol. The summed E-state index contributed by atoms with van der Waals surface area (Å²) in [6, 6.07) is 7.30. The summed E-state index contributed by atoms with van der Waals surface area (Å²) in [6.07, 6.45) is 1.49. The molecular formula is C12H11Cl2N5O. The lowest BCUT2D eigenvalue weighted by molar-refractivity contribution is 0.364. The molecule has 104 valence electrons. The van der Waals surface area contributed by atoms with Crippen LogP contribution in [0.15, 0.2) is 35.1 Å². The first-order chi connectivity index (χ1) is 9.22. The molecule has 6 nitrogen and oxygen atoms in total. The summed E-state index contributed by atoms with van der Waals surface area (Å²) in [7, 11) is 0. The van der Waals surface area contributed by atoms with Gasteiger partial charge in [-0.15, -0.1) is 12.4 Å². The van der Waals surface area contributed by atoms with Crippen molar-refractivity contribution in [1.82, 2.24) is 24.9 Å². The molecule has 20 heavy (non-hydrogen) atoms. The number of nitrogens with zero attached hydrogens (tertiary/aromatic N) is 5. The SMILES string of the molecule is Cc1ncnn1Cc1nc(-c2cccc(Cl)c2)no1.Cl. The lowest BCUT2D eigenvalue weighted by atomic mass is 10.2. The molecule has 1 aromatic carbocycles. The van der Waals surface area contributed by atoms with Crippen LogP contribution in [0, 0.1) is 6.92 Å². The molecule has 0 fully saturated rings. The highest BCUT2D eigenvalue weighted by Crippen LogP contribution is 2.20. The second-order valence-electron chi connectivity index (χ2n) is 3.99. The summed E-state index contributed by atoms with van der Waals surface area (Å²) >= 11 is 5.93. The van der Waals surface area contributed by atoms with Gasteiger partial charge in [0.15, 0.2) is 0 Å². The Morgan fingerprint density at radius 1 is 1.35 bits per heavy atom. The lowest BCUT2D eigenvalue weighted by Crippen LogP contribution is -2.04. The summed E-state index contributed by atoms with van der Waals surface area (Å²) in [6.45, 7) is 2.26. The Kier molecular flexibility index (Phi) is 4.36. The Morgan fingerprint density at radius 3 is 2.90 bits per heavy atom. The maximum absolute atomic E-state index is 5.93. The van der Waals surface area contributed by atoms with Gasteiger partial charge in [-0.25, -0.2) is 9.67 Å². The van der Waals surface area contributed by atoms with Crippen molar-refractivity contribution in [3.05, 3.63) is 47.3 Å². The van der Waals surface area contributed by atoms with Crippen molar-refractivity contribution < 1.29 is 4.52 Å². The third kappa shape index (κ3) is 2.97. The molecule has 2 heterocycles. The lowest BCUT2D eigenvalue weighted by Gasteiger charge is -1.96. The van der Waals surface area contributed by atoms with E-state index in [2.05, 4.69) is 20.2 Å². The van der Waals surface area contributed by atoms with Gasteiger partial charge in [-0.1, -0.05) is 28.9 Å². The summed E-state index contributed by atoms with van der Waals surface area (Å²) < 4.78 is 6.88. The monoisotopic (exact) mass is 311 g/mol. The van der Waals surface area contributed by atoms with E-state index in [1.165, 1.54) is 6.33 Å². The van der Waals surface area contributed by atoms with Crippen molar-refractivity contribution in [3.8, 4) is 11.4 Å². The fourth-order valence-corrected chi connectivity index (χ4v) is 1.86. The van der Waals surface area contributed by atoms with Gasteiger partial charge in [0.05, 0.1) is 0 Å².